The number of phenolic OH excluding ortho intramolecular Hbond substituents is 1. The lowest BCUT2D eigenvalue weighted by atomic mass is 10.2. The third-order valence-electron chi connectivity index (χ3n) is 2.03. The van der Waals surface area contributed by atoms with E-state index in [0.29, 0.717) is 13.1 Å². The normalized spacial score (nSPS) is 11.4. The summed E-state index contributed by atoms with van der Waals surface area (Å²) in [5, 5.41) is 12.4. The molecule has 0 amide bonds. The van der Waals surface area contributed by atoms with E-state index in [1.165, 1.54) is 0 Å². The topological polar surface area (TPSA) is 78.4 Å². The molecule has 0 bridgehead atoms. The molecule has 0 aliphatic carbocycles. The SMILES string of the molecule is Cc1ccc(NCCNS(C)(=O)=O)cc1O. The van der Waals surface area contributed by atoms with Crippen LogP contribution in [-0.4, -0.2) is 32.9 Å². The zero-order chi connectivity index (χ0) is 12.2. The van der Waals surface area contributed by atoms with E-state index in [0.717, 1.165) is 17.5 Å². The maximum atomic E-state index is 10.8. The Hall–Kier alpha value is -1.27. The van der Waals surface area contributed by atoms with Gasteiger partial charge in [-0.25, -0.2) is 13.1 Å². The van der Waals surface area contributed by atoms with Crippen LogP contribution in [0.2, 0.25) is 0 Å². The van der Waals surface area contributed by atoms with E-state index in [1.807, 2.05) is 13.0 Å². The average Bonchev–Trinajstić information content (AvgIpc) is 2.17. The van der Waals surface area contributed by atoms with Gasteiger partial charge >= 0.3 is 0 Å². The Kier molecular flexibility index (Phi) is 4.14. The summed E-state index contributed by atoms with van der Waals surface area (Å²) in [6.07, 6.45) is 1.12. The van der Waals surface area contributed by atoms with Gasteiger partial charge in [0.15, 0.2) is 0 Å². The number of phenols is 1. The molecule has 0 aromatic heterocycles. The summed E-state index contributed by atoms with van der Waals surface area (Å²) in [7, 11) is -3.13. The summed E-state index contributed by atoms with van der Waals surface area (Å²) in [6, 6.07) is 5.23. The molecular formula is C10H16N2O3S. The van der Waals surface area contributed by atoms with Gasteiger partial charge in [0.05, 0.1) is 6.26 Å². The first-order chi connectivity index (χ1) is 7.38. The van der Waals surface area contributed by atoms with Gasteiger partial charge in [0.1, 0.15) is 5.75 Å². The van der Waals surface area contributed by atoms with E-state index in [4.69, 9.17) is 0 Å². The van der Waals surface area contributed by atoms with Crippen molar-refractivity contribution in [1.29, 1.82) is 0 Å². The van der Waals surface area contributed by atoms with E-state index >= 15 is 0 Å². The van der Waals surface area contributed by atoms with Gasteiger partial charge < -0.3 is 10.4 Å². The van der Waals surface area contributed by atoms with Crippen molar-refractivity contribution in [3.63, 3.8) is 0 Å². The molecule has 3 N–H and O–H groups in total. The predicted octanol–water partition coefficient (Wildman–Crippen LogP) is 0.662. The first kappa shape index (κ1) is 12.8. The second-order valence-electron chi connectivity index (χ2n) is 3.59. The van der Waals surface area contributed by atoms with E-state index < -0.39 is 10.0 Å². The van der Waals surface area contributed by atoms with Crippen LogP contribution >= 0.6 is 0 Å². The molecule has 0 heterocycles. The number of aromatic hydroxyl groups is 1. The summed E-state index contributed by atoms with van der Waals surface area (Å²) in [5.74, 6) is 0.223. The smallest absolute Gasteiger partial charge is 0.208 e. The van der Waals surface area contributed by atoms with Crippen molar-refractivity contribution in [2.24, 2.45) is 0 Å². The summed E-state index contributed by atoms with van der Waals surface area (Å²) < 4.78 is 23.9. The van der Waals surface area contributed by atoms with Crippen molar-refractivity contribution in [1.82, 2.24) is 4.72 Å². The fourth-order valence-corrected chi connectivity index (χ4v) is 1.64. The number of rotatable bonds is 5. The fraction of sp³-hybridized carbons (Fsp3) is 0.400. The van der Waals surface area contributed by atoms with Crippen LogP contribution in [0.1, 0.15) is 5.56 Å². The third kappa shape index (κ3) is 4.50. The molecular weight excluding hydrogens is 228 g/mol. The number of sulfonamides is 1. The molecule has 0 fully saturated rings. The van der Waals surface area contributed by atoms with Gasteiger partial charge in [0.25, 0.3) is 0 Å². The molecule has 90 valence electrons. The van der Waals surface area contributed by atoms with E-state index in [2.05, 4.69) is 10.0 Å². The molecule has 1 aromatic carbocycles. The molecule has 1 rings (SSSR count). The zero-order valence-corrected chi connectivity index (χ0v) is 10.1. The number of aryl methyl sites for hydroxylation is 1. The van der Waals surface area contributed by atoms with Gasteiger partial charge in [-0.3, -0.25) is 0 Å². The predicted molar refractivity (Wildman–Crippen MR) is 64.2 cm³/mol. The first-order valence-electron chi connectivity index (χ1n) is 4.86. The van der Waals surface area contributed by atoms with Gasteiger partial charge in [-0.05, 0) is 18.6 Å². The van der Waals surface area contributed by atoms with Gasteiger partial charge in [0, 0.05) is 24.8 Å². The average molecular weight is 244 g/mol. The molecule has 1 aromatic rings. The fourth-order valence-electron chi connectivity index (χ4n) is 1.16. The molecule has 5 nitrogen and oxygen atoms in total. The van der Waals surface area contributed by atoms with Gasteiger partial charge in [-0.2, -0.15) is 0 Å². The highest BCUT2D eigenvalue weighted by atomic mass is 32.2. The van der Waals surface area contributed by atoms with Crippen LogP contribution in [0.25, 0.3) is 0 Å². The second kappa shape index (κ2) is 5.18. The highest BCUT2D eigenvalue weighted by Crippen LogP contribution is 2.20. The number of benzene rings is 1. The van der Waals surface area contributed by atoms with Gasteiger partial charge in [0.2, 0.25) is 10.0 Å². The monoisotopic (exact) mass is 244 g/mol. The van der Waals surface area contributed by atoms with Crippen molar-refractivity contribution in [3.05, 3.63) is 23.8 Å². The molecule has 16 heavy (non-hydrogen) atoms. The van der Waals surface area contributed by atoms with E-state index in [-0.39, 0.29) is 5.75 Å². The van der Waals surface area contributed by atoms with Gasteiger partial charge in [-0.1, -0.05) is 6.07 Å². The van der Waals surface area contributed by atoms with Crippen molar-refractivity contribution in [3.8, 4) is 5.75 Å². The Bertz CT molecular complexity index is 457. The Balaban J connectivity index is 2.41. The molecule has 0 spiro atoms. The number of hydrogen-bond donors (Lipinski definition) is 3. The van der Waals surface area contributed by atoms with Crippen LogP contribution in [-0.2, 0) is 10.0 Å². The van der Waals surface area contributed by atoms with Crippen molar-refractivity contribution >= 4 is 15.7 Å². The van der Waals surface area contributed by atoms with Crippen molar-refractivity contribution in [2.75, 3.05) is 24.7 Å². The van der Waals surface area contributed by atoms with Crippen LogP contribution in [0.3, 0.4) is 0 Å². The quantitative estimate of drug-likeness (QED) is 0.665. The van der Waals surface area contributed by atoms with E-state index in [9.17, 15) is 13.5 Å². The lowest BCUT2D eigenvalue weighted by Crippen LogP contribution is -2.27. The van der Waals surface area contributed by atoms with Crippen molar-refractivity contribution < 1.29 is 13.5 Å². The number of nitrogens with one attached hydrogen (secondary N) is 2. The Morgan fingerprint density at radius 3 is 2.56 bits per heavy atom. The highest BCUT2D eigenvalue weighted by Gasteiger charge is 2.00. The Labute approximate surface area is 95.5 Å². The number of anilines is 1. The lowest BCUT2D eigenvalue weighted by molar-refractivity contribution is 0.471. The zero-order valence-electron chi connectivity index (χ0n) is 9.32. The summed E-state index contributed by atoms with van der Waals surface area (Å²) >= 11 is 0. The lowest BCUT2D eigenvalue weighted by Gasteiger charge is -2.08. The first-order valence-corrected chi connectivity index (χ1v) is 6.76. The minimum Gasteiger partial charge on any atom is -0.508 e. The molecule has 6 heteroatoms. The Morgan fingerprint density at radius 2 is 2.00 bits per heavy atom. The molecule has 0 aliphatic heterocycles. The number of hydrogen-bond acceptors (Lipinski definition) is 4. The van der Waals surface area contributed by atoms with Crippen LogP contribution in [0.5, 0.6) is 5.75 Å². The van der Waals surface area contributed by atoms with Crippen LogP contribution in [0.4, 0.5) is 5.69 Å². The molecule has 0 saturated carbocycles. The maximum absolute atomic E-state index is 10.8. The summed E-state index contributed by atoms with van der Waals surface area (Å²) in [4.78, 5) is 0. The van der Waals surface area contributed by atoms with Crippen molar-refractivity contribution in [2.45, 2.75) is 6.92 Å². The largest absolute Gasteiger partial charge is 0.508 e. The minimum atomic E-state index is -3.13. The van der Waals surface area contributed by atoms with Crippen LogP contribution in [0, 0.1) is 6.92 Å². The molecule has 0 radical (unpaired) electrons. The highest BCUT2D eigenvalue weighted by molar-refractivity contribution is 7.88. The summed E-state index contributed by atoms with van der Waals surface area (Å²) in [6.45, 7) is 2.59. The molecule has 0 saturated heterocycles. The Morgan fingerprint density at radius 1 is 1.31 bits per heavy atom. The minimum absolute atomic E-state index is 0.223. The third-order valence-corrected chi connectivity index (χ3v) is 2.76. The van der Waals surface area contributed by atoms with Crippen LogP contribution < -0.4 is 10.0 Å². The van der Waals surface area contributed by atoms with Crippen LogP contribution in [0.15, 0.2) is 18.2 Å². The maximum Gasteiger partial charge on any atom is 0.208 e. The standard InChI is InChI=1S/C10H16N2O3S/c1-8-3-4-9(7-10(8)13)11-5-6-12-16(2,14)15/h3-4,7,11-13H,5-6H2,1-2H3. The molecule has 0 atom stereocenters. The van der Waals surface area contributed by atoms with Gasteiger partial charge in [-0.15, -0.1) is 0 Å². The summed E-state index contributed by atoms with van der Waals surface area (Å²) in [5.41, 5.74) is 1.57. The van der Waals surface area contributed by atoms with E-state index in [1.54, 1.807) is 12.1 Å². The molecule has 0 unspecified atom stereocenters. The second-order valence-corrected chi connectivity index (χ2v) is 5.43. The molecule has 0 aliphatic rings.